The fourth-order valence-corrected chi connectivity index (χ4v) is 5.59. The van der Waals surface area contributed by atoms with Crippen molar-refractivity contribution in [2.75, 3.05) is 19.6 Å². The molecule has 2 heterocycles. The topological polar surface area (TPSA) is 78.5 Å². The van der Waals surface area contributed by atoms with Crippen LogP contribution in [-0.4, -0.2) is 44.9 Å². The highest BCUT2D eigenvalue weighted by Gasteiger charge is 2.37. The van der Waals surface area contributed by atoms with Gasteiger partial charge in [-0.1, -0.05) is 12.1 Å². The second kappa shape index (κ2) is 9.04. The molecule has 1 aromatic heterocycles. The Morgan fingerprint density at radius 2 is 2.00 bits per heavy atom. The summed E-state index contributed by atoms with van der Waals surface area (Å²) in [4.78, 5) is 14.9. The summed E-state index contributed by atoms with van der Waals surface area (Å²) in [5, 5.41) is 4.70. The monoisotopic (exact) mass is 461 g/mol. The number of benzene rings is 1. The van der Waals surface area contributed by atoms with E-state index < -0.39 is 38.6 Å². The first-order chi connectivity index (χ1) is 14.1. The van der Waals surface area contributed by atoms with Gasteiger partial charge in [-0.15, -0.1) is 11.3 Å². The van der Waals surface area contributed by atoms with Crippen molar-refractivity contribution in [2.24, 2.45) is 0 Å². The lowest BCUT2D eigenvalue weighted by Crippen LogP contribution is -2.47. The molecule has 164 valence electrons. The highest BCUT2D eigenvalue weighted by Crippen LogP contribution is 2.33. The van der Waals surface area contributed by atoms with E-state index in [1.807, 2.05) is 4.72 Å². The van der Waals surface area contributed by atoms with Crippen LogP contribution in [0.3, 0.4) is 0 Å². The van der Waals surface area contributed by atoms with Crippen LogP contribution in [0.25, 0.3) is 0 Å². The minimum absolute atomic E-state index is 0.309. The van der Waals surface area contributed by atoms with Gasteiger partial charge >= 0.3 is 6.18 Å². The van der Waals surface area contributed by atoms with Crippen LogP contribution < -0.4 is 10.0 Å². The first-order valence-corrected chi connectivity index (χ1v) is 11.7. The molecule has 1 aromatic carbocycles. The first-order valence-electron chi connectivity index (χ1n) is 9.32. The second-order valence-electron chi connectivity index (χ2n) is 7.02. The molecule has 1 aliphatic heterocycles. The Labute approximate surface area is 177 Å². The van der Waals surface area contributed by atoms with Crippen molar-refractivity contribution < 1.29 is 26.4 Å². The summed E-state index contributed by atoms with van der Waals surface area (Å²) in [6, 6.07) is 4.73. The average Bonchev–Trinajstić information content (AvgIpc) is 3.14. The molecule has 0 aliphatic carbocycles. The minimum Gasteiger partial charge on any atom is -0.353 e. The molecule has 0 saturated heterocycles. The summed E-state index contributed by atoms with van der Waals surface area (Å²) in [6.07, 6.45) is -3.87. The number of carbonyl (C=O) groups is 1. The molecular weight excluding hydrogens is 439 g/mol. The molecule has 2 aromatic rings. The highest BCUT2D eigenvalue weighted by atomic mass is 32.2. The van der Waals surface area contributed by atoms with Gasteiger partial charge in [-0.2, -0.15) is 17.9 Å². The van der Waals surface area contributed by atoms with Crippen molar-refractivity contribution in [3.63, 3.8) is 0 Å². The molecule has 0 saturated carbocycles. The summed E-state index contributed by atoms with van der Waals surface area (Å²) in [5.41, 5.74) is 0.00467. The van der Waals surface area contributed by atoms with Gasteiger partial charge in [-0.05, 0) is 42.5 Å². The Hall–Kier alpha value is -1.95. The number of rotatable bonds is 7. The number of thiophene rings is 1. The third-order valence-electron chi connectivity index (χ3n) is 4.82. The molecule has 0 unspecified atom stereocenters. The summed E-state index contributed by atoms with van der Waals surface area (Å²) in [5.74, 6) is -0.601. The highest BCUT2D eigenvalue weighted by molar-refractivity contribution is 7.89. The predicted octanol–water partition coefficient (Wildman–Crippen LogP) is 2.61. The van der Waals surface area contributed by atoms with Gasteiger partial charge in [-0.25, -0.2) is 8.42 Å². The molecular formula is C19H22F3N3O3S2. The van der Waals surface area contributed by atoms with Crippen LogP contribution >= 0.6 is 11.3 Å². The molecule has 0 spiro atoms. The lowest BCUT2D eigenvalue weighted by atomic mass is 10.1. The van der Waals surface area contributed by atoms with Crippen molar-refractivity contribution in [2.45, 2.75) is 37.0 Å². The Morgan fingerprint density at radius 1 is 1.27 bits per heavy atom. The average molecular weight is 462 g/mol. The lowest BCUT2D eigenvalue weighted by Gasteiger charge is -2.27. The molecule has 1 amide bonds. The van der Waals surface area contributed by atoms with Crippen LogP contribution in [0.2, 0.25) is 0 Å². The number of hydrogen-bond acceptors (Lipinski definition) is 5. The molecule has 6 nitrogen and oxygen atoms in total. The smallest absolute Gasteiger partial charge is 0.353 e. The zero-order chi connectivity index (χ0) is 21.9. The summed E-state index contributed by atoms with van der Waals surface area (Å²) >= 11 is 1.73. The maximum absolute atomic E-state index is 13.1. The largest absolute Gasteiger partial charge is 0.417 e. The van der Waals surface area contributed by atoms with Gasteiger partial charge in [0.2, 0.25) is 15.9 Å². The van der Waals surface area contributed by atoms with Gasteiger partial charge in [0.25, 0.3) is 0 Å². The van der Waals surface area contributed by atoms with Gasteiger partial charge in [0.05, 0.1) is 16.5 Å². The summed E-state index contributed by atoms with van der Waals surface area (Å²) in [7, 11) is -4.53. The van der Waals surface area contributed by atoms with Crippen molar-refractivity contribution in [1.29, 1.82) is 0 Å². The first kappa shape index (κ1) is 22.7. The van der Waals surface area contributed by atoms with Gasteiger partial charge in [0.1, 0.15) is 0 Å². The Morgan fingerprint density at radius 3 is 2.73 bits per heavy atom. The van der Waals surface area contributed by atoms with E-state index in [0.29, 0.717) is 19.2 Å². The van der Waals surface area contributed by atoms with E-state index in [1.165, 1.54) is 23.4 Å². The molecule has 0 bridgehead atoms. The number of hydrogen-bond donors (Lipinski definition) is 2. The molecule has 30 heavy (non-hydrogen) atoms. The SMILES string of the molecule is C[C@H](NS(=O)(=O)c1ccccc1C(F)(F)F)C(=O)NCCN1CCc2sccc2C1. The van der Waals surface area contributed by atoms with E-state index in [2.05, 4.69) is 21.7 Å². The second-order valence-corrected chi connectivity index (χ2v) is 9.71. The molecule has 11 heteroatoms. The zero-order valence-electron chi connectivity index (χ0n) is 16.2. The number of sulfonamides is 1. The van der Waals surface area contributed by atoms with Gasteiger partial charge < -0.3 is 5.32 Å². The summed E-state index contributed by atoms with van der Waals surface area (Å²) in [6.45, 7) is 3.87. The van der Waals surface area contributed by atoms with Crippen molar-refractivity contribution in [3.8, 4) is 0 Å². The third kappa shape index (κ3) is 5.39. The van der Waals surface area contributed by atoms with E-state index in [9.17, 15) is 26.4 Å². The van der Waals surface area contributed by atoms with Gasteiger partial charge in [0.15, 0.2) is 0 Å². The quantitative estimate of drug-likeness (QED) is 0.665. The van der Waals surface area contributed by atoms with E-state index in [-0.39, 0.29) is 0 Å². The van der Waals surface area contributed by atoms with E-state index in [1.54, 1.807) is 11.3 Å². The molecule has 3 rings (SSSR count). The fraction of sp³-hybridized carbons (Fsp3) is 0.421. The third-order valence-corrected chi connectivity index (χ3v) is 7.44. The molecule has 1 atom stereocenters. The van der Waals surface area contributed by atoms with E-state index in [4.69, 9.17) is 0 Å². The van der Waals surface area contributed by atoms with Crippen LogP contribution in [-0.2, 0) is 34.0 Å². The maximum Gasteiger partial charge on any atom is 0.417 e. The molecule has 1 aliphatic rings. The maximum atomic E-state index is 13.1. The van der Waals surface area contributed by atoms with Crippen molar-refractivity contribution in [1.82, 2.24) is 14.9 Å². The van der Waals surface area contributed by atoms with Crippen LogP contribution in [0.15, 0.2) is 40.6 Å². The fourth-order valence-electron chi connectivity index (χ4n) is 3.27. The zero-order valence-corrected chi connectivity index (χ0v) is 17.8. The predicted molar refractivity (Wildman–Crippen MR) is 108 cm³/mol. The normalized spacial score (nSPS) is 16.1. The van der Waals surface area contributed by atoms with Gasteiger partial charge in [-0.3, -0.25) is 9.69 Å². The number of halogens is 3. The number of alkyl halides is 3. The molecule has 0 fully saturated rings. The minimum atomic E-state index is -4.83. The Bertz CT molecular complexity index is 1010. The van der Waals surface area contributed by atoms with E-state index in [0.717, 1.165) is 31.6 Å². The molecule has 2 N–H and O–H groups in total. The number of nitrogens with zero attached hydrogens (tertiary/aromatic N) is 1. The molecule has 0 radical (unpaired) electrons. The number of amides is 1. The standard InChI is InChI=1S/C19H22F3N3O3S2/c1-13(24-30(27,28)17-5-3-2-4-15(17)19(20,21)22)18(26)23-8-10-25-9-6-16-14(12-25)7-11-29-16/h2-5,7,11,13,24H,6,8-10,12H2,1H3,(H,23,26)/t13-/m0/s1. The van der Waals surface area contributed by atoms with Crippen LogP contribution in [0.5, 0.6) is 0 Å². The van der Waals surface area contributed by atoms with Crippen LogP contribution in [0, 0.1) is 0 Å². The Balaban J connectivity index is 1.54. The van der Waals surface area contributed by atoms with Crippen molar-refractivity contribution in [3.05, 3.63) is 51.7 Å². The number of carbonyl (C=O) groups excluding carboxylic acids is 1. The van der Waals surface area contributed by atoms with Crippen LogP contribution in [0.4, 0.5) is 13.2 Å². The van der Waals surface area contributed by atoms with Gasteiger partial charge in [0, 0.05) is 31.1 Å². The van der Waals surface area contributed by atoms with Crippen molar-refractivity contribution >= 4 is 27.3 Å². The Kier molecular flexibility index (Phi) is 6.85. The summed E-state index contributed by atoms with van der Waals surface area (Å²) < 4.78 is 66.2. The number of nitrogens with one attached hydrogen (secondary N) is 2. The lowest BCUT2D eigenvalue weighted by molar-refractivity contribution is -0.139. The number of fused-ring (bicyclic) bond motifs is 1. The van der Waals surface area contributed by atoms with E-state index >= 15 is 0 Å². The van der Waals surface area contributed by atoms with Crippen LogP contribution in [0.1, 0.15) is 22.9 Å².